The molecule has 3 aromatic heterocycles. The number of hydrogen-bond acceptors (Lipinski definition) is 7. The monoisotopic (exact) mass is 426 g/mol. The van der Waals surface area contributed by atoms with Crippen LogP contribution in [0.3, 0.4) is 0 Å². The summed E-state index contributed by atoms with van der Waals surface area (Å²) in [6.07, 6.45) is 3.32. The summed E-state index contributed by atoms with van der Waals surface area (Å²) in [4.78, 5) is 13.4. The molecule has 0 aliphatic heterocycles. The van der Waals surface area contributed by atoms with Crippen LogP contribution in [0.25, 0.3) is 28.1 Å². The van der Waals surface area contributed by atoms with Gasteiger partial charge in [0.15, 0.2) is 5.82 Å². The molecular formula is C23H18N6OS. The van der Waals surface area contributed by atoms with E-state index in [0.29, 0.717) is 11.0 Å². The molecule has 0 bridgehead atoms. The second-order valence-corrected chi connectivity index (χ2v) is 7.81. The fourth-order valence-corrected chi connectivity index (χ4v) is 4.19. The summed E-state index contributed by atoms with van der Waals surface area (Å²) in [5.74, 6) is 1.44. The van der Waals surface area contributed by atoms with Gasteiger partial charge in [-0.2, -0.15) is 0 Å². The number of fused-ring (bicyclic) bond motifs is 1. The third-order valence-electron chi connectivity index (χ3n) is 4.80. The molecular weight excluding hydrogens is 408 g/mol. The highest BCUT2D eigenvalue weighted by molar-refractivity contribution is 7.99. The predicted molar refractivity (Wildman–Crippen MR) is 120 cm³/mol. The lowest BCUT2D eigenvalue weighted by Gasteiger charge is -2.11. The van der Waals surface area contributed by atoms with Gasteiger partial charge in [0.05, 0.1) is 18.3 Å². The standard InChI is InChI=1S/C23H18N6OS/c1-15-6-11-19-18(13-15)22(26-14-25-19)31-23-28-27-21(20-5-3-4-12-24-20)29(23)16-7-9-17(30-2)10-8-16/h3-14H,1-2H3. The third kappa shape index (κ3) is 3.73. The van der Waals surface area contributed by atoms with Gasteiger partial charge in [0.2, 0.25) is 5.16 Å². The highest BCUT2D eigenvalue weighted by Crippen LogP contribution is 2.34. The Bertz CT molecular complexity index is 1350. The first-order valence-corrected chi connectivity index (χ1v) is 10.4. The molecule has 2 aromatic carbocycles. The van der Waals surface area contributed by atoms with E-state index in [1.807, 2.05) is 59.2 Å². The lowest BCUT2D eigenvalue weighted by Crippen LogP contribution is -2.01. The average molecular weight is 427 g/mol. The Balaban J connectivity index is 1.66. The lowest BCUT2D eigenvalue weighted by atomic mass is 10.2. The average Bonchev–Trinajstić information content (AvgIpc) is 3.23. The molecule has 0 aliphatic carbocycles. The van der Waals surface area contributed by atoms with Gasteiger partial charge < -0.3 is 4.74 Å². The molecule has 8 heteroatoms. The summed E-state index contributed by atoms with van der Waals surface area (Å²) in [5.41, 5.74) is 3.68. The number of aryl methyl sites for hydroxylation is 1. The van der Waals surface area contributed by atoms with Crippen LogP contribution in [-0.4, -0.2) is 36.8 Å². The van der Waals surface area contributed by atoms with E-state index in [2.05, 4.69) is 38.1 Å². The summed E-state index contributed by atoms with van der Waals surface area (Å²) >= 11 is 1.45. The minimum Gasteiger partial charge on any atom is -0.497 e. The van der Waals surface area contributed by atoms with Gasteiger partial charge in [0.25, 0.3) is 0 Å². The Kier molecular flexibility index (Phi) is 5.05. The van der Waals surface area contributed by atoms with Crippen molar-refractivity contribution in [1.29, 1.82) is 0 Å². The van der Waals surface area contributed by atoms with E-state index < -0.39 is 0 Å². The lowest BCUT2D eigenvalue weighted by molar-refractivity contribution is 0.414. The quantitative estimate of drug-likeness (QED) is 0.376. The minimum atomic E-state index is 0.655. The summed E-state index contributed by atoms with van der Waals surface area (Å²) in [6.45, 7) is 2.06. The molecule has 3 heterocycles. The van der Waals surface area contributed by atoms with E-state index in [1.165, 1.54) is 11.8 Å². The van der Waals surface area contributed by atoms with E-state index >= 15 is 0 Å². The van der Waals surface area contributed by atoms with Gasteiger partial charge in [-0.1, -0.05) is 17.7 Å². The van der Waals surface area contributed by atoms with Crippen molar-refractivity contribution in [2.24, 2.45) is 0 Å². The van der Waals surface area contributed by atoms with E-state index in [4.69, 9.17) is 4.74 Å². The molecule has 0 fully saturated rings. The van der Waals surface area contributed by atoms with Crippen molar-refractivity contribution in [1.82, 2.24) is 29.7 Å². The van der Waals surface area contributed by atoms with Crippen molar-refractivity contribution in [2.45, 2.75) is 17.1 Å². The molecule has 152 valence electrons. The number of aromatic nitrogens is 6. The molecule has 0 radical (unpaired) electrons. The second-order valence-electron chi connectivity index (χ2n) is 6.86. The molecule has 0 saturated heterocycles. The van der Waals surface area contributed by atoms with Crippen LogP contribution in [0.5, 0.6) is 5.75 Å². The summed E-state index contributed by atoms with van der Waals surface area (Å²) in [5, 5.41) is 11.4. The Morgan fingerprint density at radius 2 is 1.77 bits per heavy atom. The minimum absolute atomic E-state index is 0.655. The highest BCUT2D eigenvalue weighted by Gasteiger charge is 2.19. The van der Waals surface area contributed by atoms with E-state index in [-0.39, 0.29) is 0 Å². The molecule has 0 atom stereocenters. The van der Waals surface area contributed by atoms with Crippen LogP contribution in [0.1, 0.15) is 5.56 Å². The topological polar surface area (TPSA) is 78.6 Å². The second kappa shape index (κ2) is 8.16. The first kappa shape index (κ1) is 19.2. The first-order chi connectivity index (χ1) is 15.2. The molecule has 0 N–H and O–H groups in total. The van der Waals surface area contributed by atoms with Crippen LogP contribution in [0.2, 0.25) is 0 Å². The molecule has 5 aromatic rings. The zero-order valence-electron chi connectivity index (χ0n) is 16.9. The normalized spacial score (nSPS) is 11.0. The van der Waals surface area contributed by atoms with Crippen LogP contribution < -0.4 is 4.74 Å². The zero-order valence-corrected chi connectivity index (χ0v) is 17.7. The van der Waals surface area contributed by atoms with E-state index in [0.717, 1.165) is 38.6 Å². The number of pyridine rings is 1. The van der Waals surface area contributed by atoms with Gasteiger partial charge in [-0.15, -0.1) is 10.2 Å². The van der Waals surface area contributed by atoms with Gasteiger partial charge in [0, 0.05) is 11.6 Å². The van der Waals surface area contributed by atoms with Crippen LogP contribution in [-0.2, 0) is 0 Å². The maximum Gasteiger partial charge on any atom is 0.202 e. The molecule has 0 saturated carbocycles. The Morgan fingerprint density at radius 1 is 0.903 bits per heavy atom. The highest BCUT2D eigenvalue weighted by atomic mass is 32.2. The van der Waals surface area contributed by atoms with Gasteiger partial charge in [0.1, 0.15) is 22.8 Å². The van der Waals surface area contributed by atoms with Gasteiger partial charge in [-0.25, -0.2) is 9.97 Å². The van der Waals surface area contributed by atoms with Gasteiger partial charge >= 0.3 is 0 Å². The van der Waals surface area contributed by atoms with Crippen molar-refractivity contribution >= 4 is 22.7 Å². The smallest absolute Gasteiger partial charge is 0.202 e. The number of nitrogens with zero attached hydrogens (tertiary/aromatic N) is 6. The van der Waals surface area contributed by atoms with Gasteiger partial charge in [-0.3, -0.25) is 9.55 Å². The maximum absolute atomic E-state index is 5.31. The Hall–Kier alpha value is -3.78. The molecule has 0 spiro atoms. The van der Waals surface area contributed by atoms with Crippen molar-refractivity contribution < 1.29 is 4.74 Å². The summed E-state index contributed by atoms with van der Waals surface area (Å²) in [7, 11) is 1.65. The van der Waals surface area contributed by atoms with Crippen molar-refractivity contribution in [3.63, 3.8) is 0 Å². The third-order valence-corrected chi connectivity index (χ3v) is 5.77. The molecule has 7 nitrogen and oxygen atoms in total. The summed E-state index contributed by atoms with van der Waals surface area (Å²) < 4.78 is 7.29. The van der Waals surface area contributed by atoms with Crippen LogP contribution in [0, 0.1) is 6.92 Å². The largest absolute Gasteiger partial charge is 0.497 e. The Labute approximate surface area is 183 Å². The molecule has 0 amide bonds. The van der Waals surface area contributed by atoms with Crippen LogP contribution in [0.4, 0.5) is 0 Å². The van der Waals surface area contributed by atoms with E-state index in [9.17, 15) is 0 Å². The Morgan fingerprint density at radius 3 is 2.55 bits per heavy atom. The zero-order chi connectivity index (χ0) is 21.2. The van der Waals surface area contributed by atoms with Crippen molar-refractivity contribution in [3.05, 3.63) is 78.8 Å². The molecule has 5 rings (SSSR count). The molecule has 0 aliphatic rings. The maximum atomic E-state index is 5.31. The van der Waals surface area contributed by atoms with E-state index in [1.54, 1.807) is 19.6 Å². The fourth-order valence-electron chi connectivity index (χ4n) is 3.28. The molecule has 31 heavy (non-hydrogen) atoms. The first-order valence-electron chi connectivity index (χ1n) is 9.63. The number of ether oxygens (including phenoxy) is 1. The van der Waals surface area contributed by atoms with Crippen molar-refractivity contribution in [2.75, 3.05) is 7.11 Å². The fraction of sp³-hybridized carbons (Fsp3) is 0.0870. The number of methoxy groups -OCH3 is 1. The van der Waals surface area contributed by atoms with Gasteiger partial charge in [-0.05, 0) is 67.2 Å². The number of rotatable bonds is 5. The number of hydrogen-bond donors (Lipinski definition) is 0. The van der Waals surface area contributed by atoms with Crippen LogP contribution >= 0.6 is 11.8 Å². The summed E-state index contributed by atoms with van der Waals surface area (Å²) in [6, 6.07) is 19.6. The SMILES string of the molecule is COc1ccc(-n2c(Sc3ncnc4ccc(C)cc34)nnc2-c2ccccn2)cc1. The number of benzene rings is 2. The predicted octanol–water partition coefficient (Wildman–Crippen LogP) is 4.74. The molecule has 0 unspecified atom stereocenters. The van der Waals surface area contributed by atoms with Crippen molar-refractivity contribution in [3.8, 4) is 23.0 Å². The van der Waals surface area contributed by atoms with Crippen LogP contribution in [0.15, 0.2) is 83.4 Å².